The van der Waals surface area contributed by atoms with E-state index in [4.69, 9.17) is 4.52 Å². The van der Waals surface area contributed by atoms with Crippen molar-refractivity contribution in [2.75, 3.05) is 26.7 Å². The minimum Gasteiger partial charge on any atom is -0.360 e. The Morgan fingerprint density at radius 3 is 2.54 bits per heavy atom. The van der Waals surface area contributed by atoms with Crippen LogP contribution in [0, 0.1) is 20.8 Å². The van der Waals surface area contributed by atoms with E-state index in [1.807, 2.05) is 60.6 Å². The largest absolute Gasteiger partial charge is 0.360 e. The molecular weight excluding hydrogens is 352 g/mol. The minimum atomic E-state index is 0.0461. The quantitative estimate of drug-likeness (QED) is 0.700. The van der Waals surface area contributed by atoms with Gasteiger partial charge in [0.05, 0.1) is 11.6 Å². The van der Waals surface area contributed by atoms with Gasteiger partial charge in [0.1, 0.15) is 5.76 Å². The van der Waals surface area contributed by atoms with E-state index in [2.05, 4.69) is 29.2 Å². The van der Waals surface area contributed by atoms with Crippen LogP contribution in [0.5, 0.6) is 0 Å². The summed E-state index contributed by atoms with van der Waals surface area (Å²) >= 11 is 0. The van der Waals surface area contributed by atoms with Crippen LogP contribution in [-0.2, 0) is 0 Å². The van der Waals surface area contributed by atoms with Gasteiger partial charge in [-0.05, 0) is 39.4 Å². The van der Waals surface area contributed by atoms with Crippen LogP contribution in [0.25, 0.3) is 5.82 Å². The second-order valence-corrected chi connectivity index (χ2v) is 7.60. The first kappa shape index (κ1) is 18.5. The third kappa shape index (κ3) is 3.24. The van der Waals surface area contributed by atoms with Crippen LogP contribution in [0.4, 0.5) is 0 Å². The van der Waals surface area contributed by atoms with Crippen LogP contribution in [0.15, 0.2) is 47.0 Å². The monoisotopic (exact) mass is 378 g/mol. The maximum absolute atomic E-state index is 13.6. The maximum atomic E-state index is 13.6. The Morgan fingerprint density at radius 1 is 1.11 bits per heavy atom. The highest BCUT2D eigenvalue weighted by atomic mass is 16.5. The molecule has 6 heteroatoms. The molecule has 28 heavy (non-hydrogen) atoms. The van der Waals surface area contributed by atoms with Crippen molar-refractivity contribution in [2.24, 2.45) is 0 Å². The van der Waals surface area contributed by atoms with Crippen LogP contribution in [-0.4, -0.2) is 52.1 Å². The summed E-state index contributed by atoms with van der Waals surface area (Å²) in [5, 5.41) is 4.12. The van der Waals surface area contributed by atoms with E-state index in [0.29, 0.717) is 12.4 Å². The predicted octanol–water partition coefficient (Wildman–Crippen LogP) is 3.52. The molecule has 1 fully saturated rings. The van der Waals surface area contributed by atoms with Crippen molar-refractivity contribution in [1.82, 2.24) is 19.5 Å². The first-order valence-electron chi connectivity index (χ1n) is 9.63. The van der Waals surface area contributed by atoms with Gasteiger partial charge in [0.25, 0.3) is 5.91 Å². The molecule has 0 bridgehead atoms. The normalized spacial score (nSPS) is 17.9. The first-order chi connectivity index (χ1) is 13.5. The molecule has 0 spiro atoms. The van der Waals surface area contributed by atoms with Crippen LogP contribution >= 0.6 is 0 Å². The van der Waals surface area contributed by atoms with Crippen LogP contribution < -0.4 is 0 Å². The molecule has 1 saturated heterocycles. The molecule has 1 aliphatic rings. The summed E-state index contributed by atoms with van der Waals surface area (Å²) in [6.07, 6.45) is 0. The highest BCUT2D eigenvalue weighted by molar-refractivity contribution is 5.96. The molecule has 2 aromatic heterocycles. The van der Waals surface area contributed by atoms with Crippen molar-refractivity contribution >= 4 is 5.91 Å². The molecule has 6 nitrogen and oxygen atoms in total. The van der Waals surface area contributed by atoms with Gasteiger partial charge >= 0.3 is 0 Å². The number of carbonyl (C=O) groups is 1. The van der Waals surface area contributed by atoms with Crippen LogP contribution in [0.2, 0.25) is 0 Å². The molecule has 1 unspecified atom stereocenters. The van der Waals surface area contributed by atoms with Gasteiger partial charge in [-0.3, -0.25) is 9.36 Å². The predicted molar refractivity (Wildman–Crippen MR) is 108 cm³/mol. The fourth-order valence-electron chi connectivity index (χ4n) is 4.07. The topological polar surface area (TPSA) is 54.5 Å². The molecule has 4 rings (SSSR count). The maximum Gasteiger partial charge on any atom is 0.256 e. The highest BCUT2D eigenvalue weighted by Crippen LogP contribution is 2.29. The van der Waals surface area contributed by atoms with E-state index in [-0.39, 0.29) is 11.9 Å². The molecule has 0 aliphatic carbocycles. The Kier molecular flexibility index (Phi) is 4.81. The second-order valence-electron chi connectivity index (χ2n) is 7.60. The molecule has 146 valence electrons. The number of piperazine rings is 1. The average molecular weight is 378 g/mol. The van der Waals surface area contributed by atoms with E-state index in [9.17, 15) is 4.79 Å². The molecule has 3 aromatic rings. The van der Waals surface area contributed by atoms with E-state index < -0.39 is 0 Å². The summed E-state index contributed by atoms with van der Waals surface area (Å²) in [4.78, 5) is 17.9. The summed E-state index contributed by atoms with van der Waals surface area (Å²) in [6, 6.07) is 14.2. The van der Waals surface area contributed by atoms with Crippen molar-refractivity contribution in [3.8, 4) is 5.82 Å². The molecule has 1 amide bonds. The van der Waals surface area contributed by atoms with Crippen molar-refractivity contribution in [3.05, 3.63) is 70.7 Å². The number of benzene rings is 1. The lowest BCUT2D eigenvalue weighted by Crippen LogP contribution is -2.49. The lowest BCUT2D eigenvalue weighted by molar-refractivity contribution is 0.0497. The zero-order valence-electron chi connectivity index (χ0n) is 16.8. The number of aromatic nitrogens is 2. The molecular formula is C22H26N4O2. The molecule has 3 heterocycles. The summed E-state index contributed by atoms with van der Waals surface area (Å²) in [6.45, 7) is 8.24. The zero-order chi connectivity index (χ0) is 19.8. The Balaban J connectivity index is 1.70. The Labute approximate surface area is 165 Å². The minimum absolute atomic E-state index is 0.0461. The van der Waals surface area contributed by atoms with E-state index >= 15 is 0 Å². The summed E-state index contributed by atoms with van der Waals surface area (Å²) in [5.74, 6) is 1.53. The molecule has 0 radical (unpaired) electrons. The number of hydrogen-bond acceptors (Lipinski definition) is 4. The zero-order valence-corrected chi connectivity index (χ0v) is 16.8. The third-order valence-electron chi connectivity index (χ3n) is 5.53. The number of likely N-dealkylation sites (N-methyl/N-ethyl adjacent to an activating group) is 1. The van der Waals surface area contributed by atoms with Crippen LogP contribution in [0.3, 0.4) is 0 Å². The fourth-order valence-corrected chi connectivity index (χ4v) is 4.07. The smallest absolute Gasteiger partial charge is 0.256 e. The van der Waals surface area contributed by atoms with Crippen molar-refractivity contribution in [2.45, 2.75) is 26.8 Å². The summed E-state index contributed by atoms with van der Waals surface area (Å²) in [5.41, 5.74) is 3.76. The highest BCUT2D eigenvalue weighted by Gasteiger charge is 2.32. The molecule has 1 aliphatic heterocycles. The number of carbonyl (C=O) groups excluding carboxylic acids is 1. The van der Waals surface area contributed by atoms with E-state index in [1.165, 1.54) is 5.56 Å². The lowest BCUT2D eigenvalue weighted by atomic mass is 10.0. The summed E-state index contributed by atoms with van der Waals surface area (Å²) in [7, 11) is 2.11. The van der Waals surface area contributed by atoms with Gasteiger partial charge in [0.15, 0.2) is 5.82 Å². The van der Waals surface area contributed by atoms with Crippen LogP contribution in [0.1, 0.15) is 39.1 Å². The van der Waals surface area contributed by atoms with Gasteiger partial charge < -0.3 is 14.3 Å². The number of nitrogens with zero attached hydrogens (tertiary/aromatic N) is 4. The van der Waals surface area contributed by atoms with Crippen molar-refractivity contribution in [3.63, 3.8) is 0 Å². The van der Waals surface area contributed by atoms with Crippen molar-refractivity contribution < 1.29 is 9.32 Å². The number of hydrogen-bond donors (Lipinski definition) is 0. The second kappa shape index (κ2) is 7.28. The Hall–Kier alpha value is -2.86. The number of amides is 1. The molecule has 0 saturated carbocycles. The Bertz CT molecular complexity index is 989. The Morgan fingerprint density at radius 2 is 1.86 bits per heavy atom. The van der Waals surface area contributed by atoms with Gasteiger partial charge in [-0.15, -0.1) is 0 Å². The third-order valence-corrected chi connectivity index (χ3v) is 5.53. The van der Waals surface area contributed by atoms with Gasteiger partial charge in [-0.1, -0.05) is 35.5 Å². The van der Waals surface area contributed by atoms with Gasteiger partial charge in [-0.2, -0.15) is 0 Å². The van der Waals surface area contributed by atoms with Gasteiger partial charge in [-0.25, -0.2) is 0 Å². The van der Waals surface area contributed by atoms with E-state index in [0.717, 1.165) is 35.8 Å². The van der Waals surface area contributed by atoms with Crippen molar-refractivity contribution in [1.29, 1.82) is 0 Å². The molecule has 1 aromatic carbocycles. The SMILES string of the molecule is Cc1cc(-n2c(C)cc(C(=O)N3CCN(C)CC3c3ccccc3)c2C)no1. The molecule has 1 atom stereocenters. The first-order valence-corrected chi connectivity index (χ1v) is 9.63. The van der Waals surface area contributed by atoms with Gasteiger partial charge in [0.2, 0.25) is 0 Å². The molecule has 0 N–H and O–H groups in total. The number of aryl methyl sites for hydroxylation is 2. The standard InChI is InChI=1S/C22H26N4O2/c1-15-12-19(17(3)26(15)21-13-16(2)28-23-21)22(27)25-11-10-24(4)14-20(25)18-8-6-5-7-9-18/h5-9,12-13,20H,10-11,14H2,1-4H3. The van der Waals surface area contributed by atoms with E-state index in [1.54, 1.807) is 0 Å². The summed E-state index contributed by atoms with van der Waals surface area (Å²) < 4.78 is 7.21. The van der Waals surface area contributed by atoms with Gasteiger partial charge in [0, 0.05) is 37.1 Å². The fraction of sp³-hybridized carbons (Fsp3) is 0.364. The number of rotatable bonds is 3. The lowest BCUT2D eigenvalue weighted by Gasteiger charge is -2.40. The average Bonchev–Trinajstić information content (AvgIpc) is 3.24.